The topological polar surface area (TPSA) is 82.3 Å². The molecule has 0 aliphatic heterocycles. The summed E-state index contributed by atoms with van der Waals surface area (Å²) in [7, 11) is 3.28. The molecule has 0 saturated carbocycles. The highest BCUT2D eigenvalue weighted by atomic mass is 32.1. The first-order valence-electron chi connectivity index (χ1n) is 7.56. The number of hydrogen-bond acceptors (Lipinski definition) is 7. The van der Waals surface area contributed by atoms with E-state index in [9.17, 15) is 0 Å². The molecule has 0 atom stereocenters. The Morgan fingerprint density at radius 3 is 2.71 bits per heavy atom. The Bertz CT molecular complexity index is 863. The van der Waals surface area contributed by atoms with Gasteiger partial charge in [-0.2, -0.15) is 5.10 Å². The van der Waals surface area contributed by atoms with Gasteiger partial charge in [0, 0.05) is 35.0 Å². The minimum Gasteiger partial charge on any atom is -0.497 e. The second-order valence-electron chi connectivity index (χ2n) is 5.32. The van der Waals surface area contributed by atoms with E-state index in [2.05, 4.69) is 21.6 Å². The SMILES string of the molecule is COc1ccc(CNc2nnc(C)c3sc(CN)cc23)c(OC)c1. The Morgan fingerprint density at radius 2 is 2.00 bits per heavy atom. The second-order valence-corrected chi connectivity index (χ2v) is 6.46. The van der Waals surface area contributed by atoms with Gasteiger partial charge < -0.3 is 20.5 Å². The van der Waals surface area contributed by atoms with Crippen LogP contribution in [0, 0.1) is 6.92 Å². The van der Waals surface area contributed by atoms with Gasteiger partial charge in [0.05, 0.1) is 24.6 Å². The van der Waals surface area contributed by atoms with Crippen LogP contribution in [0.1, 0.15) is 16.1 Å². The fourth-order valence-electron chi connectivity index (χ4n) is 2.52. The highest BCUT2D eigenvalue weighted by Crippen LogP contribution is 2.32. The van der Waals surface area contributed by atoms with Gasteiger partial charge in [-0.1, -0.05) is 0 Å². The van der Waals surface area contributed by atoms with Crippen LogP contribution < -0.4 is 20.5 Å². The zero-order chi connectivity index (χ0) is 17.1. The summed E-state index contributed by atoms with van der Waals surface area (Å²) >= 11 is 1.66. The number of nitrogens with one attached hydrogen (secondary N) is 1. The van der Waals surface area contributed by atoms with Gasteiger partial charge in [-0.05, 0) is 25.1 Å². The fourth-order valence-corrected chi connectivity index (χ4v) is 3.50. The van der Waals surface area contributed by atoms with Gasteiger partial charge in [0.15, 0.2) is 5.82 Å². The summed E-state index contributed by atoms with van der Waals surface area (Å²) in [5, 5.41) is 12.9. The first-order chi connectivity index (χ1) is 11.7. The average molecular weight is 344 g/mol. The van der Waals surface area contributed by atoms with E-state index in [0.717, 1.165) is 43.5 Å². The average Bonchev–Trinajstić information content (AvgIpc) is 3.06. The number of nitrogens with two attached hydrogens (primary N) is 1. The predicted octanol–water partition coefficient (Wildman–Crippen LogP) is 3.09. The molecular formula is C17H20N4O2S. The lowest BCUT2D eigenvalue weighted by Gasteiger charge is -2.12. The molecule has 3 N–H and O–H groups in total. The molecule has 3 aromatic rings. The van der Waals surface area contributed by atoms with Crippen LogP contribution in [-0.2, 0) is 13.1 Å². The predicted molar refractivity (Wildman–Crippen MR) is 96.9 cm³/mol. The number of nitrogens with zero attached hydrogens (tertiary/aromatic N) is 2. The molecule has 0 fully saturated rings. The normalized spacial score (nSPS) is 10.8. The van der Waals surface area contributed by atoms with Crippen LogP contribution >= 0.6 is 11.3 Å². The summed E-state index contributed by atoms with van der Waals surface area (Å²) in [5.74, 6) is 2.29. The number of fused-ring (bicyclic) bond motifs is 1. The fraction of sp³-hybridized carbons (Fsp3) is 0.294. The van der Waals surface area contributed by atoms with E-state index in [1.807, 2.05) is 25.1 Å². The van der Waals surface area contributed by atoms with Crippen molar-refractivity contribution in [3.63, 3.8) is 0 Å². The van der Waals surface area contributed by atoms with Gasteiger partial charge >= 0.3 is 0 Å². The van der Waals surface area contributed by atoms with Gasteiger partial charge in [0.1, 0.15) is 11.5 Å². The molecule has 7 heteroatoms. The molecule has 2 heterocycles. The Kier molecular flexibility index (Phi) is 4.82. The van der Waals surface area contributed by atoms with Gasteiger partial charge in [0.2, 0.25) is 0 Å². The molecule has 24 heavy (non-hydrogen) atoms. The van der Waals surface area contributed by atoms with Crippen molar-refractivity contribution in [1.82, 2.24) is 10.2 Å². The van der Waals surface area contributed by atoms with E-state index in [0.29, 0.717) is 13.1 Å². The molecule has 0 bridgehead atoms. The van der Waals surface area contributed by atoms with Crippen molar-refractivity contribution in [3.05, 3.63) is 40.4 Å². The highest BCUT2D eigenvalue weighted by Gasteiger charge is 2.12. The first kappa shape index (κ1) is 16.5. The van der Waals surface area contributed by atoms with Crippen LogP contribution in [-0.4, -0.2) is 24.4 Å². The highest BCUT2D eigenvalue weighted by molar-refractivity contribution is 7.19. The lowest BCUT2D eigenvalue weighted by atomic mass is 10.2. The van der Waals surface area contributed by atoms with Crippen LogP contribution in [0.4, 0.5) is 5.82 Å². The number of methoxy groups -OCH3 is 2. The quantitative estimate of drug-likeness (QED) is 0.715. The first-order valence-corrected chi connectivity index (χ1v) is 8.38. The maximum absolute atomic E-state index is 5.76. The summed E-state index contributed by atoms with van der Waals surface area (Å²) in [5.41, 5.74) is 7.70. The van der Waals surface area contributed by atoms with Gasteiger partial charge in [-0.25, -0.2) is 0 Å². The number of benzene rings is 1. The van der Waals surface area contributed by atoms with E-state index in [1.54, 1.807) is 25.6 Å². The van der Waals surface area contributed by atoms with Crippen molar-refractivity contribution in [1.29, 1.82) is 0 Å². The zero-order valence-corrected chi connectivity index (χ0v) is 14.7. The van der Waals surface area contributed by atoms with Gasteiger partial charge in [0.25, 0.3) is 0 Å². The third-order valence-electron chi connectivity index (χ3n) is 3.81. The Balaban J connectivity index is 1.88. The molecule has 0 aliphatic rings. The lowest BCUT2D eigenvalue weighted by Crippen LogP contribution is -2.05. The summed E-state index contributed by atoms with van der Waals surface area (Å²) in [4.78, 5) is 1.12. The molecule has 126 valence electrons. The van der Waals surface area contributed by atoms with Crippen LogP contribution in [0.25, 0.3) is 10.1 Å². The molecule has 0 radical (unpaired) electrons. The smallest absolute Gasteiger partial charge is 0.157 e. The van der Waals surface area contributed by atoms with E-state index in [4.69, 9.17) is 15.2 Å². The standard InChI is InChI=1S/C17H20N4O2S/c1-10-16-14(7-13(8-18)24-16)17(21-20-10)19-9-11-4-5-12(22-2)6-15(11)23-3/h4-7H,8-9,18H2,1-3H3,(H,19,21). The molecular weight excluding hydrogens is 324 g/mol. The molecule has 6 nitrogen and oxygen atoms in total. The van der Waals surface area contributed by atoms with Crippen molar-refractivity contribution >= 4 is 27.2 Å². The van der Waals surface area contributed by atoms with Gasteiger partial charge in [-0.15, -0.1) is 16.4 Å². The lowest BCUT2D eigenvalue weighted by molar-refractivity contribution is 0.391. The van der Waals surface area contributed by atoms with Crippen LogP contribution in [0.5, 0.6) is 11.5 Å². The maximum atomic E-state index is 5.76. The van der Waals surface area contributed by atoms with Crippen LogP contribution in [0.15, 0.2) is 24.3 Å². The summed E-state index contributed by atoms with van der Waals surface area (Å²) < 4.78 is 11.8. The Hall–Kier alpha value is -2.38. The van der Waals surface area contributed by atoms with Crippen molar-refractivity contribution in [2.24, 2.45) is 5.73 Å². The van der Waals surface area contributed by atoms with E-state index in [1.165, 1.54) is 0 Å². The molecule has 1 aromatic carbocycles. The minimum absolute atomic E-state index is 0.518. The van der Waals surface area contributed by atoms with E-state index >= 15 is 0 Å². The summed E-state index contributed by atoms with van der Waals surface area (Å²) in [6.45, 7) is 3.06. The number of anilines is 1. The third kappa shape index (κ3) is 3.13. The van der Waals surface area contributed by atoms with Crippen molar-refractivity contribution in [3.8, 4) is 11.5 Å². The van der Waals surface area contributed by atoms with E-state index in [-0.39, 0.29) is 0 Å². The summed E-state index contributed by atoms with van der Waals surface area (Å²) in [6.07, 6.45) is 0. The molecule has 3 rings (SSSR count). The second kappa shape index (κ2) is 7.02. The number of thiophene rings is 1. The van der Waals surface area contributed by atoms with Crippen LogP contribution in [0.2, 0.25) is 0 Å². The van der Waals surface area contributed by atoms with Crippen molar-refractivity contribution in [2.75, 3.05) is 19.5 Å². The van der Waals surface area contributed by atoms with E-state index < -0.39 is 0 Å². The number of aryl methyl sites for hydroxylation is 1. The minimum atomic E-state index is 0.518. The van der Waals surface area contributed by atoms with Crippen molar-refractivity contribution in [2.45, 2.75) is 20.0 Å². The molecule has 2 aromatic heterocycles. The van der Waals surface area contributed by atoms with Crippen LogP contribution in [0.3, 0.4) is 0 Å². The van der Waals surface area contributed by atoms with Crippen molar-refractivity contribution < 1.29 is 9.47 Å². The van der Waals surface area contributed by atoms with Gasteiger partial charge in [-0.3, -0.25) is 0 Å². The number of hydrogen-bond donors (Lipinski definition) is 2. The monoisotopic (exact) mass is 344 g/mol. The number of rotatable bonds is 6. The molecule has 0 aliphatic carbocycles. The molecule has 0 amide bonds. The Morgan fingerprint density at radius 1 is 1.17 bits per heavy atom. The molecule has 0 saturated heterocycles. The number of ether oxygens (including phenoxy) is 2. The third-order valence-corrected chi connectivity index (χ3v) is 5.07. The summed E-state index contributed by atoms with van der Waals surface area (Å²) in [6, 6.07) is 7.83. The number of aromatic nitrogens is 2. The maximum Gasteiger partial charge on any atom is 0.157 e. The molecule has 0 unspecified atom stereocenters. The Labute approximate surface area is 144 Å². The molecule has 0 spiro atoms. The zero-order valence-electron chi connectivity index (χ0n) is 13.9. The largest absolute Gasteiger partial charge is 0.497 e.